The first-order valence-electron chi connectivity index (χ1n) is 14.1. The number of morpholine rings is 1. The second-order valence-electron chi connectivity index (χ2n) is 10.5. The summed E-state index contributed by atoms with van der Waals surface area (Å²) >= 11 is 0. The van der Waals surface area contributed by atoms with Crippen molar-refractivity contribution in [3.8, 4) is 11.7 Å². The average Bonchev–Trinajstić information content (AvgIpc) is 3.65. The third kappa shape index (κ3) is 5.87. The van der Waals surface area contributed by atoms with Gasteiger partial charge in [-0.25, -0.2) is 13.8 Å². The maximum atomic E-state index is 14.1. The van der Waals surface area contributed by atoms with Crippen LogP contribution >= 0.6 is 0 Å². The molecule has 3 aliphatic rings. The number of benzene rings is 1. The van der Waals surface area contributed by atoms with Gasteiger partial charge in [-0.15, -0.1) is 0 Å². The number of amides is 1. The van der Waals surface area contributed by atoms with Crippen LogP contribution in [-0.4, -0.2) is 77.1 Å². The molecule has 2 aromatic heterocycles. The molecule has 0 radical (unpaired) electrons. The highest BCUT2D eigenvalue weighted by atomic mass is 19.3. The molecule has 2 aliphatic heterocycles. The molecule has 4 heterocycles. The SMILES string of the molecule is O=C(NC[C@@H]1CCCO1)C1CCC(Oc2cc(-n3c(C(F)F)nc4ccccc43)nc(N3CCOCC3)n2)CC1. The minimum Gasteiger partial charge on any atom is -0.474 e. The summed E-state index contributed by atoms with van der Waals surface area (Å²) in [5, 5.41) is 3.04. The Hall–Kier alpha value is -3.38. The topological polar surface area (TPSA) is 104 Å². The largest absolute Gasteiger partial charge is 0.474 e. The zero-order chi connectivity index (χ0) is 27.5. The van der Waals surface area contributed by atoms with Gasteiger partial charge >= 0.3 is 0 Å². The highest BCUT2D eigenvalue weighted by molar-refractivity contribution is 5.79. The second-order valence-corrected chi connectivity index (χ2v) is 10.5. The predicted molar refractivity (Wildman–Crippen MR) is 143 cm³/mol. The monoisotopic (exact) mass is 556 g/mol. The Bertz CT molecular complexity index is 1320. The Kier molecular flexibility index (Phi) is 8.05. The normalized spacial score (nSPS) is 23.6. The molecule has 0 unspecified atom stereocenters. The van der Waals surface area contributed by atoms with Crippen LogP contribution in [-0.2, 0) is 14.3 Å². The van der Waals surface area contributed by atoms with Gasteiger partial charge in [-0.2, -0.15) is 9.97 Å². The number of nitrogens with one attached hydrogen (secondary N) is 1. The highest BCUT2D eigenvalue weighted by Gasteiger charge is 2.29. The lowest BCUT2D eigenvalue weighted by Gasteiger charge is -2.30. The molecule has 1 saturated carbocycles. The molecule has 0 bridgehead atoms. The van der Waals surface area contributed by atoms with E-state index in [4.69, 9.17) is 14.2 Å². The molecule has 10 nitrogen and oxygen atoms in total. The fraction of sp³-hybridized carbons (Fsp3) is 0.571. The van der Waals surface area contributed by atoms with E-state index in [2.05, 4.69) is 20.3 Å². The zero-order valence-corrected chi connectivity index (χ0v) is 22.3. The van der Waals surface area contributed by atoms with Crippen LogP contribution in [0.2, 0.25) is 0 Å². The second kappa shape index (κ2) is 12.0. The lowest BCUT2D eigenvalue weighted by atomic mass is 9.86. The number of imidazole rings is 1. The van der Waals surface area contributed by atoms with Crippen LogP contribution in [0.5, 0.6) is 5.88 Å². The van der Waals surface area contributed by atoms with E-state index in [9.17, 15) is 13.6 Å². The standard InChI is InChI=1S/C28H34F2N6O4/c29-25(30)26-32-21-5-1-2-6-22(21)36(26)23-16-24(34-28(33-23)35-11-14-38-15-12-35)40-19-9-7-18(8-10-19)27(37)31-17-20-4-3-13-39-20/h1-2,5-6,16,18-20,25H,3-4,7-15,17H2,(H,31,37)/t18?,19?,20-/m0/s1. The Labute approximate surface area is 231 Å². The Morgan fingerprint density at radius 2 is 1.85 bits per heavy atom. The lowest BCUT2D eigenvalue weighted by molar-refractivity contribution is -0.127. The van der Waals surface area contributed by atoms with Crippen molar-refractivity contribution in [3.05, 3.63) is 36.2 Å². The van der Waals surface area contributed by atoms with Gasteiger partial charge in [-0.1, -0.05) is 12.1 Å². The van der Waals surface area contributed by atoms with E-state index in [-0.39, 0.29) is 35.7 Å². The third-order valence-electron chi connectivity index (χ3n) is 7.84. The van der Waals surface area contributed by atoms with Crippen molar-refractivity contribution in [2.24, 2.45) is 5.92 Å². The fourth-order valence-corrected chi connectivity index (χ4v) is 5.69. The van der Waals surface area contributed by atoms with Crippen molar-refractivity contribution in [3.63, 3.8) is 0 Å². The lowest BCUT2D eigenvalue weighted by Crippen LogP contribution is -2.39. The number of anilines is 1. The van der Waals surface area contributed by atoms with Crippen molar-refractivity contribution in [2.45, 2.75) is 57.2 Å². The summed E-state index contributed by atoms with van der Waals surface area (Å²) in [6, 6.07) is 8.60. The number of nitrogens with zero attached hydrogens (tertiary/aromatic N) is 5. The Morgan fingerprint density at radius 1 is 1.05 bits per heavy atom. The smallest absolute Gasteiger partial charge is 0.296 e. The molecule has 1 atom stereocenters. The van der Waals surface area contributed by atoms with Crippen LogP contribution in [0.15, 0.2) is 30.3 Å². The molecule has 1 amide bonds. The molecule has 0 spiro atoms. The summed E-state index contributed by atoms with van der Waals surface area (Å²) in [6.07, 6.45) is 2.02. The molecule has 1 N–H and O–H groups in total. The molecular formula is C28H34F2N6O4. The van der Waals surface area contributed by atoms with Gasteiger partial charge in [0, 0.05) is 38.2 Å². The molecular weight excluding hydrogens is 522 g/mol. The predicted octanol–water partition coefficient (Wildman–Crippen LogP) is 3.82. The van der Waals surface area contributed by atoms with Gasteiger partial charge in [0.05, 0.1) is 30.4 Å². The molecule has 214 valence electrons. The number of hydrogen-bond acceptors (Lipinski definition) is 8. The molecule has 3 aromatic rings. The van der Waals surface area contributed by atoms with Gasteiger partial charge in [-0.05, 0) is 50.7 Å². The van der Waals surface area contributed by atoms with Crippen LogP contribution in [0.25, 0.3) is 16.9 Å². The van der Waals surface area contributed by atoms with E-state index in [1.165, 1.54) is 4.57 Å². The molecule has 3 fully saturated rings. The summed E-state index contributed by atoms with van der Waals surface area (Å²) in [5.41, 5.74) is 0.993. The van der Waals surface area contributed by atoms with Crippen molar-refractivity contribution in [1.29, 1.82) is 0 Å². The summed E-state index contributed by atoms with van der Waals surface area (Å²) in [5.74, 6) is 0.620. The van der Waals surface area contributed by atoms with Crippen LogP contribution in [0, 0.1) is 5.92 Å². The summed E-state index contributed by atoms with van der Waals surface area (Å²) in [6.45, 7) is 3.55. The molecule has 6 rings (SSSR count). The summed E-state index contributed by atoms with van der Waals surface area (Å²) in [4.78, 5) is 28.2. The van der Waals surface area contributed by atoms with Crippen LogP contribution < -0.4 is 15.0 Å². The number of carbonyl (C=O) groups is 1. The van der Waals surface area contributed by atoms with Crippen molar-refractivity contribution >= 4 is 22.9 Å². The van der Waals surface area contributed by atoms with Crippen molar-refractivity contribution in [1.82, 2.24) is 24.8 Å². The number of carbonyl (C=O) groups excluding carboxylic acids is 1. The Morgan fingerprint density at radius 3 is 2.60 bits per heavy atom. The molecule has 40 heavy (non-hydrogen) atoms. The first-order chi connectivity index (χ1) is 19.5. The van der Waals surface area contributed by atoms with E-state index in [1.807, 2.05) is 4.90 Å². The first-order valence-corrected chi connectivity index (χ1v) is 14.1. The number of fused-ring (bicyclic) bond motifs is 1. The number of rotatable bonds is 8. The third-order valence-corrected chi connectivity index (χ3v) is 7.84. The summed E-state index contributed by atoms with van der Waals surface area (Å²) in [7, 11) is 0. The van der Waals surface area contributed by atoms with Gasteiger partial charge in [0.25, 0.3) is 6.43 Å². The van der Waals surface area contributed by atoms with E-state index < -0.39 is 6.43 Å². The average molecular weight is 557 g/mol. The first kappa shape index (κ1) is 26.8. The van der Waals surface area contributed by atoms with Crippen LogP contribution in [0.4, 0.5) is 14.7 Å². The number of para-hydroxylation sites is 2. The number of ether oxygens (including phenoxy) is 3. The zero-order valence-electron chi connectivity index (χ0n) is 22.3. The van der Waals surface area contributed by atoms with E-state index in [1.54, 1.807) is 30.3 Å². The van der Waals surface area contributed by atoms with Crippen molar-refractivity contribution < 1.29 is 27.8 Å². The number of aromatic nitrogens is 4. The van der Waals surface area contributed by atoms with Gasteiger partial charge in [0.2, 0.25) is 17.7 Å². The number of hydrogen-bond donors (Lipinski definition) is 1. The van der Waals surface area contributed by atoms with Gasteiger partial charge < -0.3 is 24.4 Å². The number of halogens is 2. The fourth-order valence-electron chi connectivity index (χ4n) is 5.69. The van der Waals surface area contributed by atoms with E-state index in [0.717, 1.165) is 19.4 Å². The molecule has 1 aliphatic carbocycles. The van der Waals surface area contributed by atoms with Crippen molar-refractivity contribution in [2.75, 3.05) is 44.4 Å². The quantitative estimate of drug-likeness (QED) is 0.447. The Balaban J connectivity index is 1.21. The van der Waals surface area contributed by atoms with Gasteiger partial charge in [0.1, 0.15) is 11.9 Å². The minimum atomic E-state index is -2.79. The molecule has 1 aromatic carbocycles. The molecule has 12 heteroatoms. The maximum absolute atomic E-state index is 14.1. The number of alkyl halides is 2. The maximum Gasteiger partial charge on any atom is 0.296 e. The summed E-state index contributed by atoms with van der Waals surface area (Å²) < 4.78 is 47.0. The van der Waals surface area contributed by atoms with Gasteiger partial charge in [-0.3, -0.25) is 9.36 Å². The highest BCUT2D eigenvalue weighted by Crippen LogP contribution is 2.32. The van der Waals surface area contributed by atoms with Crippen LogP contribution in [0.1, 0.15) is 50.8 Å². The van der Waals surface area contributed by atoms with E-state index in [0.29, 0.717) is 81.4 Å². The van der Waals surface area contributed by atoms with Crippen LogP contribution in [0.3, 0.4) is 0 Å². The molecule has 2 saturated heterocycles. The van der Waals surface area contributed by atoms with Gasteiger partial charge in [0.15, 0.2) is 5.82 Å². The van der Waals surface area contributed by atoms with E-state index >= 15 is 0 Å². The minimum absolute atomic E-state index is 0.0583.